The molecule has 90 valence electrons. The van der Waals surface area contributed by atoms with Gasteiger partial charge in [-0.05, 0) is 6.92 Å². The van der Waals surface area contributed by atoms with Gasteiger partial charge in [-0.2, -0.15) is 0 Å². The summed E-state index contributed by atoms with van der Waals surface area (Å²) in [4.78, 5) is 13.3. The summed E-state index contributed by atoms with van der Waals surface area (Å²) in [6, 6.07) is 1.60. The molecular formula is C10H15ClN2O3. The van der Waals surface area contributed by atoms with Gasteiger partial charge in [0, 0.05) is 26.8 Å². The van der Waals surface area contributed by atoms with Crippen LogP contribution in [0.25, 0.3) is 0 Å². The zero-order valence-corrected chi connectivity index (χ0v) is 10.3. The normalized spacial score (nSPS) is 12.5. The fraction of sp³-hybridized carbons (Fsp3) is 0.600. The van der Waals surface area contributed by atoms with Crippen molar-refractivity contribution in [1.29, 1.82) is 0 Å². The van der Waals surface area contributed by atoms with Crippen molar-refractivity contribution in [3.05, 3.63) is 17.5 Å². The van der Waals surface area contributed by atoms with Gasteiger partial charge >= 0.3 is 0 Å². The molecular weight excluding hydrogens is 232 g/mol. The first kappa shape index (κ1) is 13.0. The van der Waals surface area contributed by atoms with Gasteiger partial charge in [-0.3, -0.25) is 4.79 Å². The second kappa shape index (κ2) is 5.86. The lowest BCUT2D eigenvalue weighted by Gasteiger charge is -2.18. The molecule has 0 bridgehead atoms. The number of alkyl halides is 1. The number of nitrogens with zero attached hydrogens (tertiary/aromatic N) is 2. The molecule has 0 spiro atoms. The van der Waals surface area contributed by atoms with Gasteiger partial charge in [-0.1, -0.05) is 5.16 Å². The molecule has 0 aliphatic rings. The molecule has 0 N–H and O–H groups in total. The van der Waals surface area contributed by atoms with E-state index in [0.29, 0.717) is 18.8 Å². The first-order chi connectivity index (χ1) is 7.54. The first-order valence-corrected chi connectivity index (χ1v) is 5.30. The molecule has 1 rings (SSSR count). The van der Waals surface area contributed by atoms with Crippen molar-refractivity contribution in [2.75, 3.05) is 27.3 Å². The van der Waals surface area contributed by atoms with Crippen molar-refractivity contribution in [2.24, 2.45) is 0 Å². The van der Waals surface area contributed by atoms with Crippen molar-refractivity contribution >= 4 is 17.5 Å². The zero-order valence-electron chi connectivity index (χ0n) is 9.57. The van der Waals surface area contributed by atoms with E-state index in [2.05, 4.69) is 5.16 Å². The van der Waals surface area contributed by atoms with Gasteiger partial charge in [0.05, 0.1) is 17.7 Å². The highest BCUT2D eigenvalue weighted by atomic mass is 35.5. The van der Waals surface area contributed by atoms with Crippen LogP contribution in [0.15, 0.2) is 10.6 Å². The maximum absolute atomic E-state index is 11.8. The summed E-state index contributed by atoms with van der Waals surface area (Å²) >= 11 is 5.95. The number of amides is 1. The van der Waals surface area contributed by atoms with E-state index < -0.39 is 0 Å². The lowest BCUT2D eigenvalue weighted by Crippen LogP contribution is -2.33. The molecule has 1 amide bonds. The molecule has 6 heteroatoms. The predicted octanol–water partition coefficient (Wildman–Crippen LogP) is 1.31. The van der Waals surface area contributed by atoms with E-state index in [1.165, 1.54) is 4.90 Å². The Kier molecular flexibility index (Phi) is 4.76. The van der Waals surface area contributed by atoms with Crippen molar-refractivity contribution in [2.45, 2.75) is 12.3 Å². The standard InChI is InChI=1S/C10H15ClN2O3/c1-7-4-9(16-12-7)10(14)13(2)5-8(11)6-15-3/h4,8H,5-6H2,1-3H3. The van der Waals surface area contributed by atoms with Gasteiger partial charge in [0.1, 0.15) is 0 Å². The summed E-state index contributed by atoms with van der Waals surface area (Å²) in [5.41, 5.74) is 0.677. The second-order valence-corrected chi connectivity index (χ2v) is 4.19. The average molecular weight is 247 g/mol. The number of aromatic nitrogens is 1. The Morgan fingerprint density at radius 3 is 2.94 bits per heavy atom. The van der Waals surface area contributed by atoms with Crippen LogP contribution in [-0.2, 0) is 4.74 Å². The Balaban J connectivity index is 2.54. The largest absolute Gasteiger partial charge is 0.383 e. The molecule has 1 unspecified atom stereocenters. The highest BCUT2D eigenvalue weighted by molar-refractivity contribution is 6.21. The number of hydrogen-bond donors (Lipinski definition) is 0. The number of carbonyl (C=O) groups is 1. The molecule has 16 heavy (non-hydrogen) atoms. The number of rotatable bonds is 5. The quantitative estimate of drug-likeness (QED) is 0.735. The lowest BCUT2D eigenvalue weighted by molar-refractivity contribution is 0.0740. The van der Waals surface area contributed by atoms with E-state index >= 15 is 0 Å². The number of ether oxygens (including phenoxy) is 1. The molecule has 0 aliphatic heterocycles. The number of aryl methyl sites for hydroxylation is 1. The lowest BCUT2D eigenvalue weighted by atomic mass is 10.3. The Morgan fingerprint density at radius 1 is 1.75 bits per heavy atom. The molecule has 1 atom stereocenters. The summed E-state index contributed by atoms with van der Waals surface area (Å²) in [5, 5.41) is 3.42. The van der Waals surface area contributed by atoms with Crippen LogP contribution in [0.2, 0.25) is 0 Å². The summed E-state index contributed by atoms with van der Waals surface area (Å²) in [6.07, 6.45) is 0. The fourth-order valence-electron chi connectivity index (χ4n) is 1.27. The zero-order chi connectivity index (χ0) is 12.1. The van der Waals surface area contributed by atoms with Crippen LogP contribution in [-0.4, -0.2) is 48.6 Å². The Bertz CT molecular complexity index is 354. The van der Waals surface area contributed by atoms with Crippen LogP contribution < -0.4 is 0 Å². The smallest absolute Gasteiger partial charge is 0.292 e. The van der Waals surface area contributed by atoms with Crippen LogP contribution in [0.1, 0.15) is 16.2 Å². The van der Waals surface area contributed by atoms with Crippen molar-refractivity contribution in [1.82, 2.24) is 10.1 Å². The van der Waals surface area contributed by atoms with Crippen LogP contribution in [0, 0.1) is 6.92 Å². The number of carbonyl (C=O) groups excluding carboxylic acids is 1. The molecule has 0 aromatic carbocycles. The van der Waals surface area contributed by atoms with Crippen molar-refractivity contribution in [3.8, 4) is 0 Å². The molecule has 1 aromatic rings. The Hall–Kier alpha value is -1.07. The Morgan fingerprint density at radius 2 is 2.44 bits per heavy atom. The SMILES string of the molecule is COCC(Cl)CN(C)C(=O)c1cc(C)no1. The molecule has 0 radical (unpaired) electrons. The van der Waals surface area contributed by atoms with Gasteiger partial charge in [-0.15, -0.1) is 11.6 Å². The van der Waals surface area contributed by atoms with E-state index in [1.54, 1.807) is 27.1 Å². The molecule has 5 nitrogen and oxygen atoms in total. The summed E-state index contributed by atoms with van der Waals surface area (Å²) in [5.74, 6) is -0.0105. The van der Waals surface area contributed by atoms with Gasteiger partial charge in [0.25, 0.3) is 5.91 Å². The summed E-state index contributed by atoms with van der Waals surface area (Å²) in [7, 11) is 3.22. The third-order valence-electron chi connectivity index (χ3n) is 2.00. The third kappa shape index (κ3) is 3.50. The first-order valence-electron chi connectivity index (χ1n) is 4.86. The second-order valence-electron chi connectivity index (χ2n) is 3.57. The molecule has 1 heterocycles. The maximum atomic E-state index is 11.8. The maximum Gasteiger partial charge on any atom is 0.292 e. The van der Waals surface area contributed by atoms with Gasteiger partial charge in [0.15, 0.2) is 0 Å². The van der Waals surface area contributed by atoms with Gasteiger partial charge < -0.3 is 14.2 Å². The van der Waals surface area contributed by atoms with E-state index in [0.717, 1.165) is 0 Å². The van der Waals surface area contributed by atoms with Crippen LogP contribution in [0.4, 0.5) is 0 Å². The predicted molar refractivity (Wildman–Crippen MR) is 59.7 cm³/mol. The van der Waals surface area contributed by atoms with Crippen molar-refractivity contribution < 1.29 is 14.1 Å². The van der Waals surface area contributed by atoms with E-state index in [4.69, 9.17) is 20.9 Å². The molecule has 1 aromatic heterocycles. The monoisotopic (exact) mass is 246 g/mol. The number of methoxy groups -OCH3 is 1. The van der Waals surface area contributed by atoms with E-state index in [9.17, 15) is 4.79 Å². The van der Waals surface area contributed by atoms with E-state index in [1.807, 2.05) is 0 Å². The minimum absolute atomic E-state index is 0.223. The molecule has 0 aliphatic carbocycles. The summed E-state index contributed by atoms with van der Waals surface area (Å²) < 4.78 is 9.76. The van der Waals surface area contributed by atoms with E-state index in [-0.39, 0.29) is 17.0 Å². The minimum atomic E-state index is -0.234. The highest BCUT2D eigenvalue weighted by Gasteiger charge is 2.19. The molecule has 0 saturated heterocycles. The van der Waals surface area contributed by atoms with Gasteiger partial charge in [-0.25, -0.2) is 0 Å². The van der Waals surface area contributed by atoms with Crippen LogP contribution in [0.3, 0.4) is 0 Å². The molecule has 0 fully saturated rings. The van der Waals surface area contributed by atoms with Gasteiger partial charge in [0.2, 0.25) is 5.76 Å². The summed E-state index contributed by atoms with van der Waals surface area (Å²) in [6.45, 7) is 2.55. The number of hydrogen-bond acceptors (Lipinski definition) is 4. The van der Waals surface area contributed by atoms with Crippen LogP contribution in [0.5, 0.6) is 0 Å². The topological polar surface area (TPSA) is 55.6 Å². The Labute approximate surface area is 99.3 Å². The van der Waals surface area contributed by atoms with Crippen LogP contribution >= 0.6 is 11.6 Å². The van der Waals surface area contributed by atoms with Crippen molar-refractivity contribution in [3.63, 3.8) is 0 Å². The minimum Gasteiger partial charge on any atom is -0.383 e. The highest BCUT2D eigenvalue weighted by Crippen LogP contribution is 2.07. The molecule has 0 saturated carbocycles. The number of halogens is 1. The third-order valence-corrected chi connectivity index (χ3v) is 2.27. The fourth-order valence-corrected chi connectivity index (χ4v) is 1.60. The average Bonchev–Trinajstić information content (AvgIpc) is 2.64.